The molecule has 0 bridgehead atoms. The molecule has 1 amide bonds. The van der Waals surface area contributed by atoms with Crippen LogP contribution in [0.1, 0.15) is 5.56 Å². The molecule has 0 atom stereocenters. The van der Waals surface area contributed by atoms with Crippen LogP contribution in [0.3, 0.4) is 0 Å². The number of hydrogen-bond acceptors (Lipinski definition) is 5. The van der Waals surface area contributed by atoms with Crippen LogP contribution in [-0.4, -0.2) is 20.0 Å². The molecule has 0 fully saturated rings. The van der Waals surface area contributed by atoms with Gasteiger partial charge < -0.3 is 5.32 Å². The van der Waals surface area contributed by atoms with E-state index in [1.807, 2.05) is 0 Å². The first-order valence-corrected chi connectivity index (χ1v) is 7.16. The van der Waals surface area contributed by atoms with Crippen LogP contribution in [0.4, 0.5) is 4.79 Å². The first kappa shape index (κ1) is 13.7. The van der Waals surface area contributed by atoms with Crippen LogP contribution in [-0.2, 0) is 6.54 Å². The van der Waals surface area contributed by atoms with Crippen molar-refractivity contribution in [2.75, 3.05) is 0 Å². The molecule has 0 aliphatic rings. The van der Waals surface area contributed by atoms with Crippen molar-refractivity contribution in [3.8, 4) is 0 Å². The second-order valence-corrected chi connectivity index (χ2v) is 5.52. The third-order valence-electron chi connectivity index (χ3n) is 2.78. The van der Waals surface area contributed by atoms with Gasteiger partial charge >= 0.3 is 6.03 Å². The molecule has 0 saturated heterocycles. The maximum absolute atomic E-state index is 12.1. The zero-order valence-corrected chi connectivity index (χ0v) is 12.2. The third kappa shape index (κ3) is 2.79. The van der Waals surface area contributed by atoms with Crippen LogP contribution in [0.5, 0.6) is 0 Å². The number of pyridine rings is 2. The number of halogens is 1. The molecule has 0 aliphatic carbocycles. The first-order chi connectivity index (χ1) is 10.1. The summed E-state index contributed by atoms with van der Waals surface area (Å²) < 4.78 is 1.06. The molecule has 3 heterocycles. The molecular weight excluding hydrogens is 312 g/mol. The standard InChI is InChI=1S/C13H9ClN4O2S/c14-10-4-3-8(6-16-10)7-17-13(20)18-12(19)9-2-1-5-15-11(9)21-18/h1-6H,7H2,(H,17,20). The summed E-state index contributed by atoms with van der Waals surface area (Å²) in [6.07, 6.45) is 3.15. The largest absolute Gasteiger partial charge is 0.338 e. The first-order valence-electron chi connectivity index (χ1n) is 6.01. The molecule has 3 aromatic heterocycles. The van der Waals surface area contributed by atoms with E-state index < -0.39 is 6.03 Å². The Morgan fingerprint density at radius 3 is 2.90 bits per heavy atom. The monoisotopic (exact) mass is 320 g/mol. The van der Waals surface area contributed by atoms with Crippen LogP contribution >= 0.6 is 23.1 Å². The van der Waals surface area contributed by atoms with Gasteiger partial charge in [-0.25, -0.2) is 14.8 Å². The highest BCUT2D eigenvalue weighted by molar-refractivity contribution is 7.14. The molecule has 106 valence electrons. The van der Waals surface area contributed by atoms with Crippen molar-refractivity contribution >= 4 is 39.4 Å². The fourth-order valence-electron chi connectivity index (χ4n) is 1.76. The average molecular weight is 321 g/mol. The second kappa shape index (κ2) is 5.63. The smallest absolute Gasteiger partial charge is 0.332 e. The van der Waals surface area contributed by atoms with Crippen molar-refractivity contribution in [3.63, 3.8) is 0 Å². The van der Waals surface area contributed by atoms with E-state index in [9.17, 15) is 9.59 Å². The van der Waals surface area contributed by atoms with Gasteiger partial charge in [0.1, 0.15) is 9.98 Å². The Balaban J connectivity index is 1.79. The lowest BCUT2D eigenvalue weighted by atomic mass is 10.3. The molecule has 0 radical (unpaired) electrons. The summed E-state index contributed by atoms with van der Waals surface area (Å²) in [5.41, 5.74) is 0.426. The molecule has 0 saturated carbocycles. The number of amides is 1. The average Bonchev–Trinajstić information content (AvgIpc) is 2.84. The Hall–Kier alpha value is -2.25. The van der Waals surface area contributed by atoms with E-state index in [-0.39, 0.29) is 12.1 Å². The van der Waals surface area contributed by atoms with Gasteiger partial charge in [0, 0.05) is 18.9 Å². The van der Waals surface area contributed by atoms with Gasteiger partial charge in [0.2, 0.25) is 0 Å². The Kier molecular flexibility index (Phi) is 3.68. The molecule has 0 unspecified atom stereocenters. The van der Waals surface area contributed by atoms with Gasteiger partial charge in [0.25, 0.3) is 5.56 Å². The predicted octanol–water partition coefficient (Wildman–Crippen LogP) is 2.26. The fourth-order valence-corrected chi connectivity index (χ4v) is 2.73. The van der Waals surface area contributed by atoms with E-state index in [1.54, 1.807) is 36.7 Å². The van der Waals surface area contributed by atoms with E-state index >= 15 is 0 Å². The fraction of sp³-hybridized carbons (Fsp3) is 0.0769. The van der Waals surface area contributed by atoms with Gasteiger partial charge in [0.15, 0.2) is 0 Å². The molecule has 0 spiro atoms. The number of rotatable bonds is 2. The van der Waals surface area contributed by atoms with Gasteiger partial charge in [-0.05, 0) is 35.3 Å². The normalized spacial score (nSPS) is 10.7. The van der Waals surface area contributed by atoms with Gasteiger partial charge in [-0.2, -0.15) is 3.96 Å². The maximum atomic E-state index is 12.1. The van der Waals surface area contributed by atoms with Gasteiger partial charge in [-0.1, -0.05) is 17.7 Å². The SMILES string of the molecule is O=C(NCc1ccc(Cl)nc1)n1sc2ncccc2c1=O. The predicted molar refractivity (Wildman–Crippen MR) is 80.8 cm³/mol. The topological polar surface area (TPSA) is 76.9 Å². The number of carbonyl (C=O) groups excluding carboxylic acids is 1. The van der Waals surface area contributed by atoms with Crippen LogP contribution in [0.25, 0.3) is 10.2 Å². The number of carbonyl (C=O) groups is 1. The van der Waals surface area contributed by atoms with E-state index in [4.69, 9.17) is 11.6 Å². The molecule has 1 N–H and O–H groups in total. The van der Waals surface area contributed by atoms with E-state index in [1.165, 1.54) is 0 Å². The molecule has 0 aromatic carbocycles. The molecule has 3 aromatic rings. The molecular formula is C13H9ClN4O2S. The van der Waals surface area contributed by atoms with Crippen LogP contribution in [0.15, 0.2) is 41.5 Å². The zero-order chi connectivity index (χ0) is 14.8. The van der Waals surface area contributed by atoms with Crippen LogP contribution in [0.2, 0.25) is 5.15 Å². The lowest BCUT2D eigenvalue weighted by molar-refractivity contribution is 0.243. The number of nitrogens with one attached hydrogen (secondary N) is 1. The summed E-state index contributed by atoms with van der Waals surface area (Å²) in [6, 6.07) is 6.22. The lowest BCUT2D eigenvalue weighted by Gasteiger charge is -2.04. The van der Waals surface area contributed by atoms with Crippen LogP contribution < -0.4 is 10.9 Å². The molecule has 3 rings (SSSR count). The lowest BCUT2D eigenvalue weighted by Crippen LogP contribution is -2.32. The van der Waals surface area contributed by atoms with Crippen molar-refractivity contribution in [1.82, 2.24) is 19.2 Å². The number of fused-ring (bicyclic) bond motifs is 1. The molecule has 8 heteroatoms. The van der Waals surface area contributed by atoms with Crippen molar-refractivity contribution in [3.05, 3.63) is 57.7 Å². The Labute approximate surface area is 128 Å². The number of hydrogen-bond donors (Lipinski definition) is 1. The summed E-state index contributed by atoms with van der Waals surface area (Å²) in [7, 11) is 0. The number of nitrogens with zero attached hydrogens (tertiary/aromatic N) is 3. The van der Waals surface area contributed by atoms with E-state index in [0.29, 0.717) is 15.4 Å². The van der Waals surface area contributed by atoms with Crippen molar-refractivity contribution < 1.29 is 4.79 Å². The van der Waals surface area contributed by atoms with Crippen molar-refractivity contribution in [2.45, 2.75) is 6.54 Å². The Bertz CT molecular complexity index is 856. The Morgan fingerprint density at radius 1 is 1.33 bits per heavy atom. The number of aromatic nitrogens is 3. The third-order valence-corrected chi connectivity index (χ3v) is 4.02. The van der Waals surface area contributed by atoms with Gasteiger partial charge in [-0.3, -0.25) is 4.79 Å². The summed E-state index contributed by atoms with van der Waals surface area (Å²) in [5.74, 6) is 0. The summed E-state index contributed by atoms with van der Waals surface area (Å²) in [6.45, 7) is 0.261. The molecule has 6 nitrogen and oxygen atoms in total. The van der Waals surface area contributed by atoms with Gasteiger partial charge in [0.05, 0.1) is 5.39 Å². The maximum Gasteiger partial charge on any atom is 0.338 e. The molecule has 21 heavy (non-hydrogen) atoms. The summed E-state index contributed by atoms with van der Waals surface area (Å²) >= 11 is 6.70. The highest BCUT2D eigenvalue weighted by Crippen LogP contribution is 2.12. The minimum absolute atomic E-state index is 0.261. The van der Waals surface area contributed by atoms with Crippen LogP contribution in [0, 0.1) is 0 Å². The second-order valence-electron chi connectivity index (χ2n) is 4.19. The Morgan fingerprint density at radius 2 is 2.19 bits per heavy atom. The van der Waals surface area contributed by atoms with Crippen molar-refractivity contribution in [1.29, 1.82) is 0 Å². The van der Waals surface area contributed by atoms with Gasteiger partial charge in [-0.15, -0.1) is 0 Å². The highest BCUT2D eigenvalue weighted by atomic mass is 35.5. The van der Waals surface area contributed by atoms with Crippen molar-refractivity contribution in [2.24, 2.45) is 0 Å². The minimum atomic E-state index is -0.488. The zero-order valence-electron chi connectivity index (χ0n) is 10.6. The van der Waals surface area contributed by atoms with E-state index in [2.05, 4.69) is 15.3 Å². The molecule has 0 aliphatic heterocycles. The quantitative estimate of drug-likeness (QED) is 0.735. The minimum Gasteiger partial charge on any atom is -0.332 e. The summed E-state index contributed by atoms with van der Waals surface area (Å²) in [5, 5.41) is 3.48. The van der Waals surface area contributed by atoms with E-state index in [0.717, 1.165) is 21.1 Å². The summed E-state index contributed by atoms with van der Waals surface area (Å²) in [4.78, 5) is 32.7. The highest BCUT2D eigenvalue weighted by Gasteiger charge is 2.13.